The van der Waals surface area contributed by atoms with E-state index in [0.717, 1.165) is 17.5 Å². The molecule has 0 spiro atoms. The summed E-state index contributed by atoms with van der Waals surface area (Å²) in [5, 5.41) is 13.4. The van der Waals surface area contributed by atoms with E-state index in [2.05, 4.69) is 12.2 Å². The first kappa shape index (κ1) is 14.3. The fourth-order valence-corrected chi connectivity index (χ4v) is 3.62. The monoisotopic (exact) mass is 245 g/mol. The molecule has 96 valence electrons. The smallest absolute Gasteiger partial charge is 0.0521 e. The second kappa shape index (κ2) is 9.32. The molecule has 0 heterocycles. The van der Waals surface area contributed by atoms with Crippen LogP contribution < -0.4 is 5.32 Å². The topological polar surface area (TPSA) is 32.3 Å². The van der Waals surface area contributed by atoms with Crippen LogP contribution in [0.2, 0.25) is 0 Å². The molecule has 3 heteroatoms. The summed E-state index contributed by atoms with van der Waals surface area (Å²) >= 11 is 1.97. The van der Waals surface area contributed by atoms with E-state index in [0.29, 0.717) is 12.6 Å². The standard InChI is InChI=1S/C13H27NOS/c1-2-9-14-12-7-5-3-4-6-8-13(12)16-11-10-15/h12-15H,2-11H2,1H3. The average Bonchev–Trinajstić information content (AvgIpc) is 2.27. The molecule has 0 saturated heterocycles. The first-order valence-electron chi connectivity index (χ1n) is 6.84. The quantitative estimate of drug-likeness (QED) is 0.755. The zero-order valence-electron chi connectivity index (χ0n) is 10.6. The maximum atomic E-state index is 8.94. The van der Waals surface area contributed by atoms with Gasteiger partial charge in [-0.05, 0) is 25.8 Å². The van der Waals surface area contributed by atoms with Crippen LogP contribution >= 0.6 is 11.8 Å². The predicted octanol–water partition coefficient (Wildman–Crippen LogP) is 2.80. The summed E-state index contributed by atoms with van der Waals surface area (Å²) in [7, 11) is 0. The van der Waals surface area contributed by atoms with Gasteiger partial charge in [0.2, 0.25) is 0 Å². The molecule has 2 nitrogen and oxygen atoms in total. The van der Waals surface area contributed by atoms with E-state index in [-0.39, 0.29) is 0 Å². The second-order valence-electron chi connectivity index (χ2n) is 4.69. The largest absolute Gasteiger partial charge is 0.396 e. The zero-order chi connectivity index (χ0) is 11.6. The molecule has 0 amide bonds. The highest BCUT2D eigenvalue weighted by Gasteiger charge is 2.22. The van der Waals surface area contributed by atoms with E-state index in [9.17, 15) is 0 Å². The summed E-state index contributed by atoms with van der Waals surface area (Å²) in [5.41, 5.74) is 0. The van der Waals surface area contributed by atoms with E-state index in [1.807, 2.05) is 11.8 Å². The fraction of sp³-hybridized carbons (Fsp3) is 1.00. The number of hydrogen-bond acceptors (Lipinski definition) is 3. The van der Waals surface area contributed by atoms with Gasteiger partial charge in [-0.15, -0.1) is 0 Å². The van der Waals surface area contributed by atoms with Gasteiger partial charge in [0.05, 0.1) is 6.61 Å². The molecule has 2 atom stereocenters. The van der Waals surface area contributed by atoms with Crippen molar-refractivity contribution in [2.45, 2.75) is 63.2 Å². The third kappa shape index (κ3) is 5.55. The Bertz CT molecular complexity index is 144. The third-order valence-corrected chi connectivity index (χ3v) is 4.69. The summed E-state index contributed by atoms with van der Waals surface area (Å²) in [6, 6.07) is 0.678. The molecule has 1 saturated carbocycles. The van der Waals surface area contributed by atoms with E-state index in [1.165, 1.54) is 44.9 Å². The minimum atomic E-state index is 0.321. The van der Waals surface area contributed by atoms with Gasteiger partial charge >= 0.3 is 0 Å². The molecule has 1 rings (SSSR count). The van der Waals surface area contributed by atoms with Crippen molar-refractivity contribution in [3.05, 3.63) is 0 Å². The minimum absolute atomic E-state index is 0.321. The number of rotatable bonds is 6. The molecule has 0 bridgehead atoms. The van der Waals surface area contributed by atoms with Crippen LogP contribution in [0.25, 0.3) is 0 Å². The van der Waals surface area contributed by atoms with Crippen molar-refractivity contribution in [1.29, 1.82) is 0 Å². The zero-order valence-corrected chi connectivity index (χ0v) is 11.4. The SMILES string of the molecule is CCCNC1CCCCCCC1SCCO. The Morgan fingerprint density at radius 1 is 1.19 bits per heavy atom. The Labute approximate surface area is 105 Å². The summed E-state index contributed by atoms with van der Waals surface area (Å²) in [6.45, 7) is 3.69. The molecule has 2 unspecified atom stereocenters. The molecule has 1 aliphatic carbocycles. The normalized spacial score (nSPS) is 27.4. The lowest BCUT2D eigenvalue weighted by Gasteiger charge is -2.29. The van der Waals surface area contributed by atoms with Gasteiger partial charge in [-0.1, -0.05) is 32.6 Å². The Hall–Kier alpha value is 0.270. The van der Waals surface area contributed by atoms with Crippen molar-refractivity contribution in [1.82, 2.24) is 5.32 Å². The van der Waals surface area contributed by atoms with Crippen LogP contribution in [0.3, 0.4) is 0 Å². The molecule has 2 N–H and O–H groups in total. The second-order valence-corrected chi connectivity index (χ2v) is 6.03. The summed E-state index contributed by atoms with van der Waals surface area (Å²) in [4.78, 5) is 0. The van der Waals surface area contributed by atoms with Gasteiger partial charge in [-0.25, -0.2) is 0 Å². The van der Waals surface area contributed by atoms with E-state index < -0.39 is 0 Å². The summed E-state index contributed by atoms with van der Waals surface area (Å²) in [5.74, 6) is 0.898. The summed E-state index contributed by atoms with van der Waals surface area (Å²) in [6.07, 6.45) is 9.41. The highest BCUT2D eigenvalue weighted by molar-refractivity contribution is 7.99. The van der Waals surface area contributed by atoms with Gasteiger partial charge in [0.25, 0.3) is 0 Å². The number of hydrogen-bond donors (Lipinski definition) is 2. The molecule has 0 radical (unpaired) electrons. The van der Waals surface area contributed by atoms with E-state index in [4.69, 9.17) is 5.11 Å². The van der Waals surface area contributed by atoms with Gasteiger partial charge in [0.1, 0.15) is 0 Å². The Morgan fingerprint density at radius 3 is 2.62 bits per heavy atom. The van der Waals surface area contributed by atoms with Crippen LogP contribution in [0.15, 0.2) is 0 Å². The lowest BCUT2D eigenvalue weighted by Crippen LogP contribution is -2.39. The number of nitrogens with one attached hydrogen (secondary N) is 1. The Kier molecular flexibility index (Phi) is 8.34. The van der Waals surface area contributed by atoms with Crippen LogP contribution in [-0.2, 0) is 0 Å². The van der Waals surface area contributed by atoms with Gasteiger partial charge < -0.3 is 10.4 Å². The molecule has 0 aromatic carbocycles. The molecule has 1 aliphatic rings. The van der Waals surface area contributed by atoms with Gasteiger partial charge in [0.15, 0.2) is 0 Å². The first-order valence-corrected chi connectivity index (χ1v) is 7.89. The van der Waals surface area contributed by atoms with Crippen molar-refractivity contribution in [3.8, 4) is 0 Å². The third-order valence-electron chi connectivity index (χ3n) is 3.28. The van der Waals surface area contributed by atoms with Crippen LogP contribution in [0.1, 0.15) is 51.9 Å². The first-order chi connectivity index (χ1) is 7.88. The highest BCUT2D eigenvalue weighted by atomic mass is 32.2. The lowest BCUT2D eigenvalue weighted by atomic mass is 9.96. The molecule has 0 aromatic rings. The van der Waals surface area contributed by atoms with Gasteiger partial charge in [-0.2, -0.15) is 11.8 Å². The van der Waals surface area contributed by atoms with Crippen molar-refractivity contribution >= 4 is 11.8 Å². The Balaban J connectivity index is 2.39. The number of aliphatic hydroxyl groups excluding tert-OH is 1. The molecular formula is C13H27NOS. The average molecular weight is 245 g/mol. The highest BCUT2D eigenvalue weighted by Crippen LogP contribution is 2.27. The molecule has 16 heavy (non-hydrogen) atoms. The number of thioether (sulfide) groups is 1. The van der Waals surface area contributed by atoms with Crippen LogP contribution in [0.5, 0.6) is 0 Å². The van der Waals surface area contributed by atoms with Gasteiger partial charge in [0, 0.05) is 17.0 Å². The molecule has 0 aromatic heterocycles. The van der Waals surface area contributed by atoms with Crippen LogP contribution in [0.4, 0.5) is 0 Å². The van der Waals surface area contributed by atoms with Crippen molar-refractivity contribution < 1.29 is 5.11 Å². The van der Waals surface area contributed by atoms with Crippen molar-refractivity contribution in [2.75, 3.05) is 18.9 Å². The molecule has 1 fully saturated rings. The predicted molar refractivity (Wildman–Crippen MR) is 73.1 cm³/mol. The van der Waals surface area contributed by atoms with E-state index >= 15 is 0 Å². The molecule has 0 aliphatic heterocycles. The van der Waals surface area contributed by atoms with Crippen molar-refractivity contribution in [2.24, 2.45) is 0 Å². The van der Waals surface area contributed by atoms with Crippen LogP contribution in [0, 0.1) is 0 Å². The minimum Gasteiger partial charge on any atom is -0.396 e. The maximum absolute atomic E-state index is 8.94. The van der Waals surface area contributed by atoms with E-state index in [1.54, 1.807) is 0 Å². The molecular weight excluding hydrogens is 218 g/mol. The summed E-state index contributed by atoms with van der Waals surface area (Å²) < 4.78 is 0. The van der Waals surface area contributed by atoms with Crippen molar-refractivity contribution in [3.63, 3.8) is 0 Å². The fourth-order valence-electron chi connectivity index (χ4n) is 2.42. The number of aliphatic hydroxyl groups is 1. The lowest BCUT2D eigenvalue weighted by molar-refractivity contribution is 0.321. The van der Waals surface area contributed by atoms with Crippen LogP contribution in [-0.4, -0.2) is 35.3 Å². The Morgan fingerprint density at radius 2 is 1.94 bits per heavy atom. The van der Waals surface area contributed by atoms with Gasteiger partial charge in [-0.3, -0.25) is 0 Å². The maximum Gasteiger partial charge on any atom is 0.0521 e.